The Morgan fingerprint density at radius 2 is 2.00 bits per heavy atom. The summed E-state index contributed by atoms with van der Waals surface area (Å²) in [7, 11) is 0. The lowest BCUT2D eigenvalue weighted by Gasteiger charge is -2.04. The first-order valence-corrected chi connectivity index (χ1v) is 6.96. The zero-order valence-electron chi connectivity index (χ0n) is 10.2. The number of alkyl halides is 1. The summed E-state index contributed by atoms with van der Waals surface area (Å²) < 4.78 is 33.5. The van der Waals surface area contributed by atoms with E-state index in [2.05, 4.69) is 20.9 Å². The normalized spacial score (nSPS) is 10.9. The summed E-state index contributed by atoms with van der Waals surface area (Å²) in [6.07, 6.45) is 1.86. The second-order valence-electron chi connectivity index (χ2n) is 4.10. The Labute approximate surface area is 122 Å². The van der Waals surface area contributed by atoms with Crippen LogP contribution >= 0.6 is 15.9 Å². The Balaban J connectivity index is 2.03. The molecule has 3 rings (SSSR count). The Morgan fingerprint density at radius 1 is 1.15 bits per heavy atom. The Bertz CT molecular complexity index is 773. The van der Waals surface area contributed by atoms with Crippen LogP contribution in [-0.4, -0.2) is 9.38 Å². The number of benzene rings is 1. The third kappa shape index (κ3) is 2.27. The zero-order chi connectivity index (χ0) is 14.1. The zero-order valence-corrected chi connectivity index (χ0v) is 11.8. The number of rotatable bonds is 3. The van der Waals surface area contributed by atoms with Crippen molar-refractivity contribution < 1.29 is 13.5 Å². The second kappa shape index (κ2) is 5.20. The van der Waals surface area contributed by atoms with Crippen LogP contribution in [0.4, 0.5) is 8.78 Å². The van der Waals surface area contributed by atoms with Gasteiger partial charge in [0.15, 0.2) is 11.6 Å². The van der Waals surface area contributed by atoms with E-state index in [1.165, 1.54) is 6.07 Å². The third-order valence-electron chi connectivity index (χ3n) is 2.82. The molecule has 1 aromatic carbocycles. The van der Waals surface area contributed by atoms with Crippen LogP contribution in [0.25, 0.3) is 5.65 Å². The molecule has 0 spiro atoms. The Hall–Kier alpha value is -1.95. The molecule has 0 fully saturated rings. The highest BCUT2D eigenvalue weighted by molar-refractivity contribution is 9.08. The van der Waals surface area contributed by atoms with Crippen LogP contribution in [-0.2, 0) is 5.33 Å². The molecule has 0 radical (unpaired) electrons. The largest absolute Gasteiger partial charge is 0.437 e. The molecule has 0 saturated carbocycles. The molecule has 3 nitrogen and oxygen atoms in total. The molecule has 0 aliphatic carbocycles. The lowest BCUT2D eigenvalue weighted by atomic mass is 10.3. The number of fused-ring (bicyclic) bond motifs is 1. The van der Waals surface area contributed by atoms with Crippen molar-refractivity contribution in [2.45, 2.75) is 5.33 Å². The van der Waals surface area contributed by atoms with E-state index in [4.69, 9.17) is 4.74 Å². The van der Waals surface area contributed by atoms with Crippen molar-refractivity contribution >= 4 is 21.6 Å². The van der Waals surface area contributed by atoms with Gasteiger partial charge >= 0.3 is 0 Å². The summed E-state index contributed by atoms with van der Waals surface area (Å²) >= 11 is 3.37. The van der Waals surface area contributed by atoms with Gasteiger partial charge in [-0.2, -0.15) is 4.98 Å². The first-order valence-electron chi connectivity index (χ1n) is 5.84. The first-order chi connectivity index (χ1) is 9.69. The van der Waals surface area contributed by atoms with Crippen molar-refractivity contribution in [3.8, 4) is 11.6 Å². The van der Waals surface area contributed by atoms with Crippen LogP contribution in [0.3, 0.4) is 0 Å². The minimum absolute atomic E-state index is 0.203. The first kappa shape index (κ1) is 13.1. The smallest absolute Gasteiger partial charge is 0.242 e. The van der Waals surface area contributed by atoms with Gasteiger partial charge in [0.1, 0.15) is 11.4 Å². The van der Waals surface area contributed by atoms with Crippen molar-refractivity contribution in [3.05, 3.63) is 59.9 Å². The predicted octanol–water partition coefficient (Wildman–Crippen LogP) is 4.30. The SMILES string of the molecule is Fc1ccc(Oc2nc3ccccn3c2CBr)cc1F. The molecule has 0 unspecified atom stereocenters. The molecular weight excluding hydrogens is 330 g/mol. The van der Waals surface area contributed by atoms with E-state index >= 15 is 0 Å². The molecule has 0 bridgehead atoms. The van der Waals surface area contributed by atoms with Gasteiger partial charge in [0, 0.05) is 17.6 Å². The average Bonchev–Trinajstić information content (AvgIpc) is 2.80. The molecule has 0 aliphatic rings. The number of pyridine rings is 1. The van der Waals surface area contributed by atoms with E-state index in [9.17, 15) is 8.78 Å². The molecule has 0 N–H and O–H groups in total. The Kier molecular flexibility index (Phi) is 3.40. The third-order valence-corrected chi connectivity index (χ3v) is 3.36. The van der Waals surface area contributed by atoms with Crippen LogP contribution in [0.5, 0.6) is 11.6 Å². The van der Waals surface area contributed by atoms with E-state index in [0.717, 1.165) is 23.5 Å². The molecule has 0 saturated heterocycles. The number of ether oxygens (including phenoxy) is 1. The van der Waals surface area contributed by atoms with E-state index < -0.39 is 11.6 Å². The summed E-state index contributed by atoms with van der Waals surface area (Å²) in [6.45, 7) is 0. The van der Waals surface area contributed by atoms with Crippen LogP contribution in [0, 0.1) is 11.6 Å². The fraction of sp³-hybridized carbons (Fsp3) is 0.0714. The van der Waals surface area contributed by atoms with Gasteiger partial charge in [0.05, 0.1) is 5.69 Å². The summed E-state index contributed by atoms with van der Waals surface area (Å²) in [6, 6.07) is 8.96. The molecule has 102 valence electrons. The van der Waals surface area contributed by atoms with Crippen LogP contribution in [0.2, 0.25) is 0 Å². The molecule has 6 heteroatoms. The highest BCUT2D eigenvalue weighted by Gasteiger charge is 2.13. The molecule has 0 amide bonds. The quantitative estimate of drug-likeness (QED) is 0.665. The fourth-order valence-corrected chi connectivity index (χ4v) is 2.39. The van der Waals surface area contributed by atoms with Gasteiger partial charge < -0.3 is 4.74 Å². The van der Waals surface area contributed by atoms with Crippen LogP contribution in [0.1, 0.15) is 5.69 Å². The maximum Gasteiger partial charge on any atom is 0.242 e. The van der Waals surface area contributed by atoms with Crippen molar-refractivity contribution in [2.75, 3.05) is 0 Å². The number of hydrogen-bond donors (Lipinski definition) is 0. The van der Waals surface area contributed by atoms with Gasteiger partial charge in [-0.05, 0) is 24.3 Å². The number of halogens is 3. The van der Waals surface area contributed by atoms with Gasteiger partial charge in [-0.25, -0.2) is 8.78 Å². The van der Waals surface area contributed by atoms with E-state index in [-0.39, 0.29) is 5.75 Å². The lowest BCUT2D eigenvalue weighted by Crippen LogP contribution is -1.93. The minimum atomic E-state index is -0.952. The summed E-state index contributed by atoms with van der Waals surface area (Å²) in [5, 5.41) is 0.525. The molecule has 2 heterocycles. The predicted molar refractivity (Wildman–Crippen MR) is 74.3 cm³/mol. The topological polar surface area (TPSA) is 26.5 Å². The Morgan fingerprint density at radius 3 is 2.75 bits per heavy atom. The summed E-state index contributed by atoms with van der Waals surface area (Å²) in [4.78, 5) is 4.33. The average molecular weight is 339 g/mol. The fourth-order valence-electron chi connectivity index (χ4n) is 1.88. The number of aromatic nitrogens is 2. The van der Waals surface area contributed by atoms with Crippen LogP contribution < -0.4 is 4.74 Å². The van der Waals surface area contributed by atoms with Crippen molar-refractivity contribution in [1.29, 1.82) is 0 Å². The van der Waals surface area contributed by atoms with Crippen molar-refractivity contribution in [2.24, 2.45) is 0 Å². The number of hydrogen-bond acceptors (Lipinski definition) is 2. The van der Waals surface area contributed by atoms with Gasteiger partial charge in [-0.1, -0.05) is 22.0 Å². The van der Waals surface area contributed by atoms with Gasteiger partial charge in [-0.15, -0.1) is 0 Å². The molecule has 3 aromatic rings. The van der Waals surface area contributed by atoms with Gasteiger partial charge in [0.25, 0.3) is 0 Å². The maximum absolute atomic E-state index is 13.2. The number of nitrogens with zero attached hydrogens (tertiary/aromatic N) is 2. The van der Waals surface area contributed by atoms with Crippen molar-refractivity contribution in [3.63, 3.8) is 0 Å². The van der Waals surface area contributed by atoms with Gasteiger partial charge in [-0.3, -0.25) is 4.40 Å². The molecule has 20 heavy (non-hydrogen) atoms. The molecule has 2 aromatic heterocycles. The molecule has 0 atom stereocenters. The molecule has 0 aliphatic heterocycles. The van der Waals surface area contributed by atoms with Crippen molar-refractivity contribution in [1.82, 2.24) is 9.38 Å². The lowest BCUT2D eigenvalue weighted by molar-refractivity contribution is 0.447. The highest BCUT2D eigenvalue weighted by Crippen LogP contribution is 2.28. The monoisotopic (exact) mass is 338 g/mol. The summed E-state index contributed by atoms with van der Waals surface area (Å²) in [5.74, 6) is -1.30. The maximum atomic E-state index is 13.2. The van der Waals surface area contributed by atoms with E-state index in [1.54, 1.807) is 0 Å². The van der Waals surface area contributed by atoms with E-state index in [1.807, 2.05) is 28.8 Å². The molecular formula is C14H9BrF2N2O. The summed E-state index contributed by atoms with van der Waals surface area (Å²) in [5.41, 5.74) is 1.52. The van der Waals surface area contributed by atoms with E-state index in [0.29, 0.717) is 11.2 Å². The highest BCUT2D eigenvalue weighted by atomic mass is 79.9. The second-order valence-corrected chi connectivity index (χ2v) is 4.66. The van der Waals surface area contributed by atoms with Gasteiger partial charge in [0.2, 0.25) is 5.88 Å². The van der Waals surface area contributed by atoms with Crippen LogP contribution in [0.15, 0.2) is 42.6 Å². The minimum Gasteiger partial charge on any atom is -0.437 e. The standard InChI is InChI=1S/C14H9BrF2N2O/c15-8-12-14(18-13-3-1-2-6-19(12)13)20-9-4-5-10(16)11(17)7-9/h1-7H,8H2. The number of imidazole rings is 1.